The second-order valence-electron chi connectivity index (χ2n) is 7.45. The number of benzene rings is 1. The van der Waals surface area contributed by atoms with Gasteiger partial charge in [-0.1, -0.05) is 37.3 Å². The lowest BCUT2D eigenvalue weighted by Crippen LogP contribution is -2.48. The number of ether oxygens (including phenoxy) is 1. The summed E-state index contributed by atoms with van der Waals surface area (Å²) in [5, 5.41) is 8.58. The quantitative estimate of drug-likeness (QED) is 0.671. The Balaban J connectivity index is 1.52. The van der Waals surface area contributed by atoms with Gasteiger partial charge in [0, 0.05) is 24.0 Å². The van der Waals surface area contributed by atoms with E-state index in [0.717, 1.165) is 24.8 Å². The molecule has 0 saturated carbocycles. The van der Waals surface area contributed by atoms with Gasteiger partial charge in [-0.25, -0.2) is 4.79 Å². The highest BCUT2D eigenvalue weighted by atomic mass is 32.1. The number of aryl methyl sites for hydroxylation is 1. The lowest BCUT2D eigenvalue weighted by atomic mass is 10.0. The minimum Gasteiger partial charge on any atom is -0.450 e. The van der Waals surface area contributed by atoms with E-state index >= 15 is 0 Å². The zero-order valence-corrected chi connectivity index (χ0v) is 18.5. The first-order valence-electron chi connectivity index (χ1n) is 10.7. The molecule has 1 aromatic heterocycles. The molecular weight excluding hydrogens is 398 g/mol. The van der Waals surface area contributed by atoms with Gasteiger partial charge in [-0.15, -0.1) is 11.3 Å². The van der Waals surface area contributed by atoms with Crippen molar-refractivity contribution in [1.82, 2.24) is 15.5 Å². The molecule has 2 amide bonds. The summed E-state index contributed by atoms with van der Waals surface area (Å²) in [5.41, 5.74) is 2.46. The smallest absolute Gasteiger partial charge is 0.409 e. The van der Waals surface area contributed by atoms with Gasteiger partial charge in [-0.2, -0.15) is 0 Å². The maximum atomic E-state index is 12.6. The van der Waals surface area contributed by atoms with Gasteiger partial charge in [0.2, 0.25) is 5.91 Å². The summed E-state index contributed by atoms with van der Waals surface area (Å²) in [5.74, 6) is -0.0173. The van der Waals surface area contributed by atoms with E-state index in [-0.39, 0.29) is 30.6 Å². The van der Waals surface area contributed by atoms with Crippen molar-refractivity contribution in [3.63, 3.8) is 0 Å². The zero-order chi connectivity index (χ0) is 21.3. The van der Waals surface area contributed by atoms with Gasteiger partial charge < -0.3 is 15.0 Å². The fourth-order valence-electron chi connectivity index (χ4n) is 3.68. The summed E-state index contributed by atoms with van der Waals surface area (Å²) in [7, 11) is 0. The van der Waals surface area contributed by atoms with E-state index in [4.69, 9.17) is 4.74 Å². The lowest BCUT2D eigenvalue weighted by Gasteiger charge is -2.31. The number of piperidine rings is 1. The third-order valence-electron chi connectivity index (χ3n) is 5.40. The van der Waals surface area contributed by atoms with Crippen molar-refractivity contribution < 1.29 is 14.3 Å². The Bertz CT molecular complexity index is 800. The Morgan fingerprint density at radius 2 is 1.90 bits per heavy atom. The van der Waals surface area contributed by atoms with E-state index in [1.54, 1.807) is 23.2 Å². The average molecular weight is 430 g/mol. The number of nitrogens with zero attached hydrogens (tertiary/aromatic N) is 1. The molecule has 0 radical (unpaired) electrons. The van der Waals surface area contributed by atoms with Crippen LogP contribution in [0.5, 0.6) is 0 Å². The standard InChI is InChI=1S/C23H31N3O3S/c1-3-17-7-9-18(10-8-17)22(20-6-5-15-30-20)24-16-21(27)25-19-11-13-26(14-12-19)23(28)29-4-2/h5-10,15,19,22,24H,3-4,11-14,16H2,1-2H3,(H,25,27)/t22-/m0/s1. The number of hydrogen-bond donors (Lipinski definition) is 2. The van der Waals surface area contributed by atoms with Crippen LogP contribution in [0.3, 0.4) is 0 Å². The highest BCUT2D eigenvalue weighted by molar-refractivity contribution is 7.10. The molecule has 1 atom stereocenters. The monoisotopic (exact) mass is 429 g/mol. The van der Waals surface area contributed by atoms with Crippen molar-refractivity contribution in [1.29, 1.82) is 0 Å². The van der Waals surface area contributed by atoms with E-state index in [0.29, 0.717) is 19.7 Å². The van der Waals surface area contributed by atoms with Crippen molar-refractivity contribution >= 4 is 23.3 Å². The van der Waals surface area contributed by atoms with Crippen LogP contribution in [0.15, 0.2) is 41.8 Å². The predicted octanol–water partition coefficient (Wildman–Crippen LogP) is 3.73. The molecule has 0 bridgehead atoms. The summed E-state index contributed by atoms with van der Waals surface area (Å²) >= 11 is 1.69. The molecule has 1 aliphatic rings. The summed E-state index contributed by atoms with van der Waals surface area (Å²) < 4.78 is 5.05. The van der Waals surface area contributed by atoms with E-state index in [2.05, 4.69) is 53.3 Å². The fourth-order valence-corrected chi connectivity index (χ4v) is 4.51. The highest BCUT2D eigenvalue weighted by Gasteiger charge is 2.25. The number of rotatable bonds is 8. The molecule has 2 aromatic rings. The third-order valence-corrected chi connectivity index (χ3v) is 6.34. The number of carbonyl (C=O) groups is 2. The van der Waals surface area contributed by atoms with Gasteiger partial charge in [-0.3, -0.25) is 10.1 Å². The van der Waals surface area contributed by atoms with E-state index in [1.165, 1.54) is 10.4 Å². The summed E-state index contributed by atoms with van der Waals surface area (Å²) in [6.45, 7) is 5.80. The highest BCUT2D eigenvalue weighted by Crippen LogP contribution is 2.26. The van der Waals surface area contributed by atoms with E-state index in [9.17, 15) is 9.59 Å². The van der Waals surface area contributed by atoms with Crippen LogP contribution in [0, 0.1) is 0 Å². The molecule has 6 nitrogen and oxygen atoms in total. The summed E-state index contributed by atoms with van der Waals surface area (Å²) in [6, 6.07) is 12.8. The summed E-state index contributed by atoms with van der Waals surface area (Å²) in [6.07, 6.45) is 2.24. The largest absolute Gasteiger partial charge is 0.450 e. The fraction of sp³-hybridized carbons (Fsp3) is 0.478. The minimum absolute atomic E-state index is 0.00711. The Morgan fingerprint density at radius 3 is 2.50 bits per heavy atom. The van der Waals surface area contributed by atoms with Gasteiger partial charge in [0.1, 0.15) is 0 Å². The molecule has 3 rings (SSSR count). The van der Waals surface area contributed by atoms with Crippen molar-refractivity contribution in [2.45, 2.75) is 45.2 Å². The first-order chi connectivity index (χ1) is 14.6. The number of nitrogens with one attached hydrogen (secondary N) is 2. The Morgan fingerprint density at radius 1 is 1.17 bits per heavy atom. The second-order valence-corrected chi connectivity index (χ2v) is 8.43. The van der Waals surface area contributed by atoms with Crippen molar-refractivity contribution in [3.8, 4) is 0 Å². The van der Waals surface area contributed by atoms with Crippen molar-refractivity contribution in [2.75, 3.05) is 26.2 Å². The molecule has 1 saturated heterocycles. The predicted molar refractivity (Wildman–Crippen MR) is 120 cm³/mol. The second kappa shape index (κ2) is 11.1. The maximum absolute atomic E-state index is 12.6. The molecule has 30 heavy (non-hydrogen) atoms. The molecule has 1 fully saturated rings. The van der Waals surface area contributed by atoms with Gasteiger partial charge in [-0.05, 0) is 48.8 Å². The molecule has 2 heterocycles. The molecule has 7 heteroatoms. The number of amides is 2. The van der Waals surface area contributed by atoms with Crippen LogP contribution in [0.25, 0.3) is 0 Å². The molecular formula is C23H31N3O3S. The van der Waals surface area contributed by atoms with E-state index < -0.39 is 0 Å². The van der Waals surface area contributed by atoms with Crippen LogP contribution >= 0.6 is 11.3 Å². The molecule has 0 unspecified atom stereocenters. The van der Waals surface area contributed by atoms with Gasteiger partial charge in [0.05, 0.1) is 19.2 Å². The normalized spacial score (nSPS) is 15.6. The summed E-state index contributed by atoms with van der Waals surface area (Å²) in [4.78, 5) is 27.3. The van der Waals surface area contributed by atoms with Crippen LogP contribution < -0.4 is 10.6 Å². The topological polar surface area (TPSA) is 70.7 Å². The van der Waals surface area contributed by atoms with Crippen LogP contribution in [-0.2, 0) is 16.0 Å². The van der Waals surface area contributed by atoms with Crippen LogP contribution in [-0.4, -0.2) is 49.2 Å². The minimum atomic E-state index is -0.267. The molecule has 162 valence electrons. The van der Waals surface area contributed by atoms with Crippen LogP contribution in [0.1, 0.15) is 48.7 Å². The first kappa shape index (κ1) is 22.3. The number of hydrogen-bond acceptors (Lipinski definition) is 5. The van der Waals surface area contributed by atoms with Gasteiger partial charge in [0.25, 0.3) is 0 Å². The Labute approximate surface area is 182 Å². The average Bonchev–Trinajstić information content (AvgIpc) is 3.29. The Kier molecular flexibility index (Phi) is 8.28. The number of likely N-dealkylation sites (tertiary alicyclic amines) is 1. The first-order valence-corrected chi connectivity index (χ1v) is 11.5. The van der Waals surface area contributed by atoms with Crippen molar-refractivity contribution in [2.24, 2.45) is 0 Å². The molecule has 0 spiro atoms. The van der Waals surface area contributed by atoms with Gasteiger partial charge >= 0.3 is 6.09 Å². The van der Waals surface area contributed by atoms with Crippen molar-refractivity contribution in [3.05, 3.63) is 57.8 Å². The SMILES string of the molecule is CCOC(=O)N1CCC(NC(=O)CN[C@@H](c2ccc(CC)cc2)c2cccs2)CC1. The third kappa shape index (κ3) is 6.06. The lowest BCUT2D eigenvalue weighted by molar-refractivity contribution is -0.121. The number of thiophene rings is 1. The molecule has 1 aromatic carbocycles. The number of carbonyl (C=O) groups excluding carboxylic acids is 2. The van der Waals surface area contributed by atoms with Crippen LogP contribution in [0.4, 0.5) is 4.79 Å². The van der Waals surface area contributed by atoms with Crippen LogP contribution in [0.2, 0.25) is 0 Å². The molecule has 0 aliphatic carbocycles. The zero-order valence-electron chi connectivity index (χ0n) is 17.7. The molecule has 2 N–H and O–H groups in total. The Hall–Kier alpha value is -2.38. The van der Waals surface area contributed by atoms with Gasteiger partial charge in [0.15, 0.2) is 0 Å². The maximum Gasteiger partial charge on any atom is 0.409 e. The molecule has 1 aliphatic heterocycles. The van der Waals surface area contributed by atoms with E-state index in [1.807, 2.05) is 6.07 Å².